The molecule has 2 aromatic heterocycles. The van der Waals surface area contributed by atoms with Crippen LogP contribution in [0.2, 0.25) is 0 Å². The Hall–Kier alpha value is -2.20. The summed E-state index contributed by atoms with van der Waals surface area (Å²) in [4.78, 5) is 0. The van der Waals surface area contributed by atoms with Crippen molar-refractivity contribution in [3.8, 4) is 0 Å². The fourth-order valence-electron chi connectivity index (χ4n) is 3.13. The number of hydrogen-bond acceptors (Lipinski definition) is 3. The van der Waals surface area contributed by atoms with E-state index in [0.29, 0.717) is 0 Å². The molecule has 0 amide bonds. The number of aryl methyl sites for hydroxylation is 1. The summed E-state index contributed by atoms with van der Waals surface area (Å²) in [6.45, 7) is 4.39. The molecular formula is C20H21N3S. The number of hydrogen-bond donors (Lipinski definition) is 0. The molecule has 4 heteroatoms. The van der Waals surface area contributed by atoms with Crippen molar-refractivity contribution in [3.05, 3.63) is 59.9 Å². The lowest BCUT2D eigenvalue weighted by Gasteiger charge is -2.12. The van der Waals surface area contributed by atoms with Crippen molar-refractivity contribution in [1.82, 2.24) is 15.0 Å². The lowest BCUT2D eigenvalue weighted by Crippen LogP contribution is -2.07. The molecule has 0 aliphatic rings. The van der Waals surface area contributed by atoms with Crippen LogP contribution in [-0.4, -0.2) is 15.0 Å². The number of thiophene rings is 1. The Morgan fingerprint density at radius 3 is 2.79 bits per heavy atom. The summed E-state index contributed by atoms with van der Waals surface area (Å²) >= 11 is 1.86. The third-order valence-electron chi connectivity index (χ3n) is 4.62. The predicted molar refractivity (Wildman–Crippen MR) is 102 cm³/mol. The molecule has 0 aliphatic heterocycles. The SMILES string of the molecule is CCCCc1cn(C(C)c2ccc3sc4ccccc4c3c2)nn1. The minimum atomic E-state index is 0.191. The van der Waals surface area contributed by atoms with E-state index in [2.05, 4.69) is 72.8 Å². The van der Waals surface area contributed by atoms with Gasteiger partial charge in [-0.1, -0.05) is 42.8 Å². The van der Waals surface area contributed by atoms with Crippen molar-refractivity contribution in [2.75, 3.05) is 0 Å². The maximum atomic E-state index is 4.34. The molecule has 0 saturated carbocycles. The Kier molecular flexibility index (Phi) is 4.07. The van der Waals surface area contributed by atoms with E-state index in [1.165, 1.54) is 38.6 Å². The summed E-state index contributed by atoms with van der Waals surface area (Å²) in [6.07, 6.45) is 5.46. The highest BCUT2D eigenvalue weighted by molar-refractivity contribution is 7.25. The van der Waals surface area contributed by atoms with Crippen LogP contribution < -0.4 is 0 Å². The van der Waals surface area contributed by atoms with Gasteiger partial charge in [-0.2, -0.15) is 0 Å². The molecule has 24 heavy (non-hydrogen) atoms. The number of unbranched alkanes of at least 4 members (excludes halogenated alkanes) is 1. The van der Waals surface area contributed by atoms with Crippen molar-refractivity contribution in [1.29, 1.82) is 0 Å². The third-order valence-corrected chi connectivity index (χ3v) is 5.78. The van der Waals surface area contributed by atoms with Crippen molar-refractivity contribution in [3.63, 3.8) is 0 Å². The van der Waals surface area contributed by atoms with E-state index in [1.807, 2.05) is 16.0 Å². The molecule has 0 aliphatic carbocycles. The van der Waals surface area contributed by atoms with Gasteiger partial charge in [0, 0.05) is 26.4 Å². The second-order valence-corrected chi connectivity index (χ2v) is 7.41. The van der Waals surface area contributed by atoms with Crippen LogP contribution in [0.3, 0.4) is 0 Å². The van der Waals surface area contributed by atoms with Gasteiger partial charge >= 0.3 is 0 Å². The lowest BCUT2D eigenvalue weighted by atomic mass is 10.0. The van der Waals surface area contributed by atoms with Crippen molar-refractivity contribution in [2.45, 2.75) is 39.2 Å². The van der Waals surface area contributed by atoms with E-state index < -0.39 is 0 Å². The molecule has 1 atom stereocenters. The second kappa shape index (κ2) is 6.36. The summed E-state index contributed by atoms with van der Waals surface area (Å²) in [7, 11) is 0. The zero-order valence-corrected chi connectivity index (χ0v) is 14.9. The normalized spacial score (nSPS) is 12.9. The molecule has 122 valence electrons. The van der Waals surface area contributed by atoms with E-state index >= 15 is 0 Å². The van der Waals surface area contributed by atoms with Crippen LogP contribution in [0.15, 0.2) is 48.7 Å². The first kappa shape index (κ1) is 15.3. The zero-order valence-electron chi connectivity index (χ0n) is 14.1. The summed E-state index contributed by atoms with van der Waals surface area (Å²) in [5, 5.41) is 11.3. The minimum absolute atomic E-state index is 0.191. The number of benzene rings is 2. The number of nitrogens with zero attached hydrogens (tertiary/aromatic N) is 3. The largest absolute Gasteiger partial charge is 0.245 e. The van der Waals surface area contributed by atoms with Crippen molar-refractivity contribution in [2.24, 2.45) is 0 Å². The Labute approximate surface area is 145 Å². The number of rotatable bonds is 5. The van der Waals surface area contributed by atoms with E-state index in [0.717, 1.165) is 12.1 Å². The van der Waals surface area contributed by atoms with Crippen molar-refractivity contribution < 1.29 is 0 Å². The van der Waals surface area contributed by atoms with Crippen LogP contribution in [-0.2, 0) is 6.42 Å². The van der Waals surface area contributed by atoms with Gasteiger partial charge in [0.2, 0.25) is 0 Å². The molecule has 3 nitrogen and oxygen atoms in total. The van der Waals surface area contributed by atoms with Crippen LogP contribution in [0.25, 0.3) is 20.2 Å². The second-order valence-electron chi connectivity index (χ2n) is 6.32. The molecular weight excluding hydrogens is 314 g/mol. The first-order valence-electron chi connectivity index (χ1n) is 8.58. The van der Waals surface area contributed by atoms with Gasteiger partial charge in [-0.15, -0.1) is 16.4 Å². The molecule has 2 heterocycles. The monoisotopic (exact) mass is 335 g/mol. The van der Waals surface area contributed by atoms with Crippen LogP contribution in [0, 0.1) is 0 Å². The molecule has 0 N–H and O–H groups in total. The van der Waals surface area contributed by atoms with Gasteiger partial charge in [-0.25, -0.2) is 4.68 Å². The summed E-state index contributed by atoms with van der Waals surface area (Å²) in [5.41, 5.74) is 2.36. The van der Waals surface area contributed by atoms with Gasteiger partial charge in [0.1, 0.15) is 0 Å². The maximum absolute atomic E-state index is 4.34. The predicted octanol–water partition coefficient (Wildman–Crippen LogP) is 5.60. The highest BCUT2D eigenvalue weighted by atomic mass is 32.1. The van der Waals surface area contributed by atoms with Crippen LogP contribution in [0.4, 0.5) is 0 Å². The highest BCUT2D eigenvalue weighted by Crippen LogP contribution is 2.35. The summed E-state index contributed by atoms with van der Waals surface area (Å²) < 4.78 is 4.68. The van der Waals surface area contributed by atoms with Gasteiger partial charge in [0.15, 0.2) is 0 Å². The standard InChI is InChI=1S/C20H21N3S/c1-3-4-7-16-13-23(22-21-16)14(2)15-10-11-20-18(12-15)17-8-5-6-9-19(17)24-20/h5-6,8-14H,3-4,7H2,1-2H3. The molecule has 0 fully saturated rings. The van der Waals surface area contributed by atoms with Crippen LogP contribution >= 0.6 is 11.3 Å². The molecule has 0 spiro atoms. The van der Waals surface area contributed by atoms with Gasteiger partial charge in [-0.05, 0) is 43.5 Å². The Morgan fingerprint density at radius 2 is 1.92 bits per heavy atom. The lowest BCUT2D eigenvalue weighted by molar-refractivity contribution is 0.543. The Balaban J connectivity index is 1.70. The van der Waals surface area contributed by atoms with Crippen LogP contribution in [0.1, 0.15) is 44.0 Å². The third kappa shape index (κ3) is 2.71. The highest BCUT2D eigenvalue weighted by Gasteiger charge is 2.13. The minimum Gasteiger partial charge on any atom is -0.245 e. The molecule has 2 aromatic carbocycles. The van der Waals surface area contributed by atoms with Gasteiger partial charge in [-0.3, -0.25) is 0 Å². The average Bonchev–Trinajstić information content (AvgIpc) is 3.23. The van der Waals surface area contributed by atoms with Gasteiger partial charge < -0.3 is 0 Å². The molecule has 0 bridgehead atoms. The van der Waals surface area contributed by atoms with Crippen molar-refractivity contribution >= 4 is 31.5 Å². The smallest absolute Gasteiger partial charge is 0.0827 e. The summed E-state index contributed by atoms with van der Waals surface area (Å²) in [6, 6.07) is 15.6. The first-order valence-corrected chi connectivity index (χ1v) is 9.40. The van der Waals surface area contributed by atoms with Gasteiger partial charge in [0.25, 0.3) is 0 Å². The molecule has 0 saturated heterocycles. The maximum Gasteiger partial charge on any atom is 0.0827 e. The zero-order chi connectivity index (χ0) is 16.5. The Bertz CT molecular complexity index is 983. The number of fused-ring (bicyclic) bond motifs is 3. The van der Waals surface area contributed by atoms with Gasteiger partial charge in [0.05, 0.1) is 11.7 Å². The van der Waals surface area contributed by atoms with E-state index in [4.69, 9.17) is 0 Å². The number of aromatic nitrogens is 3. The molecule has 1 unspecified atom stereocenters. The quantitative estimate of drug-likeness (QED) is 0.475. The fourth-order valence-corrected chi connectivity index (χ4v) is 4.22. The van der Waals surface area contributed by atoms with E-state index in [-0.39, 0.29) is 6.04 Å². The fraction of sp³-hybridized carbons (Fsp3) is 0.300. The van der Waals surface area contributed by atoms with E-state index in [1.54, 1.807) is 0 Å². The Morgan fingerprint density at radius 1 is 1.08 bits per heavy atom. The van der Waals surface area contributed by atoms with E-state index in [9.17, 15) is 0 Å². The average molecular weight is 335 g/mol. The van der Waals surface area contributed by atoms with Crippen LogP contribution in [0.5, 0.6) is 0 Å². The molecule has 4 rings (SSSR count). The molecule has 0 radical (unpaired) electrons. The summed E-state index contributed by atoms with van der Waals surface area (Å²) in [5.74, 6) is 0. The molecule has 4 aromatic rings. The topological polar surface area (TPSA) is 30.7 Å². The first-order chi connectivity index (χ1) is 11.8.